The number of nitrogens with one attached hydrogen (secondary N) is 1. The number of para-hydroxylation sites is 1. The molecule has 0 unspecified atom stereocenters. The quantitative estimate of drug-likeness (QED) is 0.109. The molecule has 5 rings (SSSR count). The zero-order valence-corrected chi connectivity index (χ0v) is 20.6. The predicted molar refractivity (Wildman–Crippen MR) is 150 cm³/mol. The van der Waals surface area contributed by atoms with Gasteiger partial charge in [0.05, 0.1) is 16.2 Å². The summed E-state index contributed by atoms with van der Waals surface area (Å²) >= 11 is 0. The molecule has 1 amide bonds. The van der Waals surface area contributed by atoms with Crippen LogP contribution in [0.1, 0.15) is 26.3 Å². The third-order valence-electron chi connectivity index (χ3n) is 5.96. The molecule has 0 saturated carbocycles. The summed E-state index contributed by atoms with van der Waals surface area (Å²) in [6, 6.07) is 31.6. The van der Waals surface area contributed by atoms with Gasteiger partial charge in [-0.15, -0.1) is 0 Å². The van der Waals surface area contributed by atoms with E-state index >= 15 is 0 Å². The van der Waals surface area contributed by atoms with Crippen molar-refractivity contribution in [1.82, 2.24) is 9.78 Å². The highest BCUT2D eigenvalue weighted by atomic mass is 16.6. The van der Waals surface area contributed by atoms with E-state index < -0.39 is 4.92 Å². The summed E-state index contributed by atoms with van der Waals surface area (Å²) in [6.07, 6.45) is 4.58. The van der Waals surface area contributed by atoms with Crippen molar-refractivity contribution in [2.45, 2.75) is 0 Å². The lowest BCUT2D eigenvalue weighted by Gasteiger charge is -2.06. The number of amides is 1. The van der Waals surface area contributed by atoms with Gasteiger partial charge in [0.25, 0.3) is 11.6 Å². The van der Waals surface area contributed by atoms with Gasteiger partial charge in [0.2, 0.25) is 0 Å². The lowest BCUT2D eigenvalue weighted by Crippen LogP contribution is -2.12. The van der Waals surface area contributed by atoms with Gasteiger partial charge >= 0.3 is 0 Å². The minimum Gasteiger partial charge on any atom is -0.322 e. The standard InChI is InChI=1S/C31H22N4O4/c36-29(19-14-22-8-7-13-27(20-22)35(38)39)23-15-17-25(18-16-23)32-31(37)28-21-34(26-11-5-2-6-12-26)33-30(28)24-9-3-1-4-10-24/h1-21H,(H,32,37)/b19-14+. The van der Waals surface area contributed by atoms with Gasteiger partial charge < -0.3 is 5.32 Å². The molecule has 1 heterocycles. The van der Waals surface area contributed by atoms with Gasteiger partial charge in [-0.3, -0.25) is 19.7 Å². The van der Waals surface area contributed by atoms with Crippen LogP contribution in [0, 0.1) is 10.1 Å². The van der Waals surface area contributed by atoms with E-state index in [1.807, 2.05) is 60.7 Å². The maximum atomic E-state index is 13.3. The maximum Gasteiger partial charge on any atom is 0.270 e. The number of nitro groups is 1. The number of allylic oxidation sites excluding steroid dienone is 1. The van der Waals surface area contributed by atoms with Gasteiger partial charge in [-0.1, -0.05) is 66.7 Å². The average Bonchev–Trinajstić information content (AvgIpc) is 3.43. The molecule has 190 valence electrons. The molecular weight excluding hydrogens is 492 g/mol. The third kappa shape index (κ3) is 5.86. The molecule has 1 N–H and O–H groups in total. The number of hydrogen-bond donors (Lipinski definition) is 1. The van der Waals surface area contributed by atoms with E-state index in [-0.39, 0.29) is 17.4 Å². The van der Waals surface area contributed by atoms with Crippen LogP contribution in [0.25, 0.3) is 23.0 Å². The molecule has 1 aromatic heterocycles. The monoisotopic (exact) mass is 514 g/mol. The zero-order valence-electron chi connectivity index (χ0n) is 20.6. The van der Waals surface area contributed by atoms with Crippen LogP contribution in [0.3, 0.4) is 0 Å². The highest BCUT2D eigenvalue weighted by molar-refractivity contribution is 6.09. The van der Waals surface area contributed by atoms with Crippen LogP contribution in [0.2, 0.25) is 0 Å². The van der Waals surface area contributed by atoms with Crippen molar-refractivity contribution >= 4 is 29.1 Å². The smallest absolute Gasteiger partial charge is 0.270 e. The van der Waals surface area contributed by atoms with Crippen LogP contribution >= 0.6 is 0 Å². The molecule has 5 aromatic rings. The first-order valence-electron chi connectivity index (χ1n) is 12.1. The van der Waals surface area contributed by atoms with Gasteiger partial charge in [0, 0.05) is 35.1 Å². The van der Waals surface area contributed by atoms with Crippen LogP contribution in [0.4, 0.5) is 11.4 Å². The summed E-state index contributed by atoms with van der Waals surface area (Å²) in [7, 11) is 0. The Morgan fingerprint density at radius 3 is 2.23 bits per heavy atom. The summed E-state index contributed by atoms with van der Waals surface area (Å²) in [4.78, 5) is 36.4. The molecule has 0 atom stereocenters. The van der Waals surface area contributed by atoms with Crippen molar-refractivity contribution in [2.75, 3.05) is 5.32 Å². The van der Waals surface area contributed by atoms with E-state index in [4.69, 9.17) is 0 Å². The summed E-state index contributed by atoms with van der Waals surface area (Å²) in [5.74, 6) is -0.601. The number of carbonyl (C=O) groups excluding carboxylic acids is 2. The molecule has 0 aliphatic heterocycles. The number of nitro benzene ring substituents is 1. The molecule has 4 aromatic carbocycles. The number of aromatic nitrogens is 2. The van der Waals surface area contributed by atoms with E-state index in [1.165, 1.54) is 24.3 Å². The lowest BCUT2D eigenvalue weighted by molar-refractivity contribution is -0.384. The molecule has 0 saturated heterocycles. The fraction of sp³-hybridized carbons (Fsp3) is 0. The average molecular weight is 515 g/mol. The number of anilines is 1. The fourth-order valence-corrected chi connectivity index (χ4v) is 3.99. The molecular formula is C31H22N4O4. The Balaban J connectivity index is 1.33. The fourth-order valence-electron chi connectivity index (χ4n) is 3.99. The molecule has 8 heteroatoms. The number of non-ortho nitro benzene ring substituents is 1. The highest BCUT2D eigenvalue weighted by Crippen LogP contribution is 2.25. The van der Waals surface area contributed by atoms with Crippen molar-refractivity contribution in [2.24, 2.45) is 0 Å². The highest BCUT2D eigenvalue weighted by Gasteiger charge is 2.19. The summed E-state index contributed by atoms with van der Waals surface area (Å²) < 4.78 is 1.67. The molecule has 0 bridgehead atoms. The van der Waals surface area contributed by atoms with E-state index in [9.17, 15) is 19.7 Å². The molecule has 8 nitrogen and oxygen atoms in total. The Bertz CT molecular complexity index is 1680. The first-order chi connectivity index (χ1) is 19.0. The van der Waals surface area contributed by atoms with Crippen LogP contribution in [-0.4, -0.2) is 26.4 Å². The minimum atomic E-state index is -0.484. The molecule has 0 radical (unpaired) electrons. The van der Waals surface area contributed by atoms with Gasteiger partial charge in [0.15, 0.2) is 5.78 Å². The number of benzene rings is 4. The Morgan fingerprint density at radius 2 is 1.54 bits per heavy atom. The minimum absolute atomic E-state index is 0.0468. The topological polar surface area (TPSA) is 107 Å². The predicted octanol–water partition coefficient (Wildman–Crippen LogP) is 6.60. The van der Waals surface area contributed by atoms with E-state index in [2.05, 4.69) is 10.4 Å². The molecule has 0 spiro atoms. The van der Waals surface area contributed by atoms with Crippen LogP contribution in [-0.2, 0) is 0 Å². The van der Waals surface area contributed by atoms with Gasteiger partial charge in [-0.2, -0.15) is 5.10 Å². The SMILES string of the molecule is O=C(/C=C/c1cccc([N+](=O)[O-])c1)c1ccc(NC(=O)c2cn(-c3ccccc3)nc2-c2ccccc2)cc1. The molecule has 0 aliphatic rings. The molecule has 0 aliphatic carbocycles. The normalized spacial score (nSPS) is 10.9. The summed E-state index contributed by atoms with van der Waals surface area (Å²) in [5, 5.41) is 18.5. The van der Waals surface area contributed by atoms with Gasteiger partial charge in [-0.25, -0.2) is 4.68 Å². The number of carbonyl (C=O) groups is 2. The van der Waals surface area contributed by atoms with Crippen molar-refractivity contribution in [3.8, 4) is 16.9 Å². The van der Waals surface area contributed by atoms with Crippen LogP contribution < -0.4 is 5.32 Å². The summed E-state index contributed by atoms with van der Waals surface area (Å²) in [6.45, 7) is 0. The first kappa shape index (κ1) is 25.0. The van der Waals surface area contributed by atoms with E-state index in [1.54, 1.807) is 47.3 Å². The zero-order chi connectivity index (χ0) is 27.2. The second kappa shape index (κ2) is 11.2. The van der Waals surface area contributed by atoms with Crippen molar-refractivity contribution in [3.05, 3.63) is 148 Å². The Morgan fingerprint density at radius 1 is 0.846 bits per heavy atom. The lowest BCUT2D eigenvalue weighted by atomic mass is 10.1. The van der Waals surface area contributed by atoms with E-state index in [0.717, 1.165) is 11.3 Å². The van der Waals surface area contributed by atoms with Gasteiger partial charge in [0.1, 0.15) is 5.69 Å². The van der Waals surface area contributed by atoms with Crippen LogP contribution in [0.15, 0.2) is 121 Å². The van der Waals surface area contributed by atoms with Crippen LogP contribution in [0.5, 0.6) is 0 Å². The second-order valence-corrected chi connectivity index (χ2v) is 8.62. The summed E-state index contributed by atoms with van der Waals surface area (Å²) in [5.41, 5.74) is 4.03. The Labute approximate surface area is 224 Å². The number of nitrogens with zero attached hydrogens (tertiary/aromatic N) is 3. The largest absolute Gasteiger partial charge is 0.322 e. The number of rotatable bonds is 8. The first-order valence-corrected chi connectivity index (χ1v) is 12.1. The Kier molecular flexibility index (Phi) is 7.18. The number of ketones is 1. The maximum absolute atomic E-state index is 13.3. The molecule has 39 heavy (non-hydrogen) atoms. The van der Waals surface area contributed by atoms with E-state index in [0.29, 0.717) is 28.1 Å². The third-order valence-corrected chi connectivity index (χ3v) is 5.96. The van der Waals surface area contributed by atoms with Gasteiger partial charge in [-0.05, 0) is 48.0 Å². The van der Waals surface area contributed by atoms with Crippen molar-refractivity contribution < 1.29 is 14.5 Å². The second-order valence-electron chi connectivity index (χ2n) is 8.62. The number of hydrogen-bond acceptors (Lipinski definition) is 5. The van der Waals surface area contributed by atoms with Crippen molar-refractivity contribution in [3.63, 3.8) is 0 Å². The van der Waals surface area contributed by atoms with Crippen molar-refractivity contribution in [1.29, 1.82) is 0 Å². The Hall–Kier alpha value is -5.63. The molecule has 0 fully saturated rings.